The van der Waals surface area contributed by atoms with Crippen LogP contribution >= 0.6 is 11.3 Å². The minimum atomic E-state index is -0.817. The van der Waals surface area contributed by atoms with E-state index in [-0.39, 0.29) is 24.3 Å². The monoisotopic (exact) mass is 492 g/mol. The van der Waals surface area contributed by atoms with E-state index in [1.54, 1.807) is 31.3 Å². The molecule has 0 unspecified atom stereocenters. The van der Waals surface area contributed by atoms with Crippen LogP contribution in [0.3, 0.4) is 0 Å². The summed E-state index contributed by atoms with van der Waals surface area (Å²) in [4.78, 5) is 30.4. The average Bonchev–Trinajstić information content (AvgIpc) is 3.57. The lowest BCUT2D eigenvalue weighted by Crippen LogP contribution is -2.47. The number of anilines is 1. The molecule has 184 valence electrons. The van der Waals surface area contributed by atoms with Gasteiger partial charge in [0, 0.05) is 22.7 Å². The number of nitrogens with one attached hydrogen (secondary N) is 1. The Morgan fingerprint density at radius 2 is 1.77 bits per heavy atom. The van der Waals surface area contributed by atoms with Crippen LogP contribution in [0.5, 0.6) is 11.5 Å². The fourth-order valence-electron chi connectivity index (χ4n) is 4.70. The number of ether oxygens (including phenoxy) is 2. The third-order valence-electron chi connectivity index (χ3n) is 6.51. The molecule has 2 aromatic carbocycles. The first-order valence-corrected chi connectivity index (χ1v) is 12.8. The van der Waals surface area contributed by atoms with Gasteiger partial charge in [-0.1, -0.05) is 43.2 Å². The number of amides is 2. The highest BCUT2D eigenvalue weighted by Crippen LogP contribution is 2.37. The molecule has 0 bridgehead atoms. The fourth-order valence-corrected chi connectivity index (χ4v) is 5.40. The van der Waals surface area contributed by atoms with Gasteiger partial charge in [0.2, 0.25) is 11.8 Å². The van der Waals surface area contributed by atoms with E-state index in [4.69, 9.17) is 9.47 Å². The van der Waals surface area contributed by atoms with Gasteiger partial charge in [-0.15, -0.1) is 11.3 Å². The molecule has 0 radical (unpaired) electrons. The van der Waals surface area contributed by atoms with Gasteiger partial charge >= 0.3 is 0 Å². The van der Waals surface area contributed by atoms with E-state index in [2.05, 4.69) is 5.32 Å². The van der Waals surface area contributed by atoms with Gasteiger partial charge in [-0.2, -0.15) is 0 Å². The fraction of sp³-hybridized carbons (Fsp3) is 0.357. The maximum atomic E-state index is 13.9. The molecule has 1 heterocycles. The number of methoxy groups -OCH3 is 2. The quantitative estimate of drug-likeness (QED) is 0.431. The highest BCUT2D eigenvalue weighted by atomic mass is 32.1. The van der Waals surface area contributed by atoms with Gasteiger partial charge in [0.25, 0.3) is 0 Å². The Hall–Kier alpha value is -3.32. The Balaban J connectivity index is 1.82. The molecule has 1 atom stereocenters. The van der Waals surface area contributed by atoms with Gasteiger partial charge in [0.05, 0.1) is 20.6 Å². The number of hydrogen-bond donors (Lipinski definition) is 1. The molecule has 0 saturated heterocycles. The van der Waals surface area contributed by atoms with Crippen LogP contribution in [-0.4, -0.2) is 32.1 Å². The smallest absolute Gasteiger partial charge is 0.248 e. The van der Waals surface area contributed by atoms with Crippen LogP contribution in [0.2, 0.25) is 0 Å². The normalized spacial score (nSPS) is 14.4. The summed E-state index contributed by atoms with van der Waals surface area (Å²) in [5, 5.41) is 5.19. The number of hydrogen-bond acceptors (Lipinski definition) is 5. The first-order chi connectivity index (χ1) is 17.0. The first kappa shape index (κ1) is 24.8. The third-order valence-corrected chi connectivity index (χ3v) is 7.39. The van der Waals surface area contributed by atoms with Gasteiger partial charge in [-0.05, 0) is 54.5 Å². The van der Waals surface area contributed by atoms with Crippen molar-refractivity contribution in [1.82, 2.24) is 5.32 Å². The predicted molar refractivity (Wildman–Crippen MR) is 139 cm³/mol. The van der Waals surface area contributed by atoms with E-state index in [9.17, 15) is 9.59 Å². The lowest BCUT2D eigenvalue weighted by molar-refractivity contribution is -0.127. The number of rotatable bonds is 9. The highest BCUT2D eigenvalue weighted by Gasteiger charge is 2.35. The van der Waals surface area contributed by atoms with E-state index < -0.39 is 6.04 Å². The molecule has 35 heavy (non-hydrogen) atoms. The zero-order valence-electron chi connectivity index (χ0n) is 20.5. The van der Waals surface area contributed by atoms with Crippen molar-refractivity contribution in [2.24, 2.45) is 0 Å². The Morgan fingerprint density at radius 1 is 1.03 bits per heavy atom. The summed E-state index contributed by atoms with van der Waals surface area (Å²) in [5.74, 6) is 0.735. The first-order valence-electron chi connectivity index (χ1n) is 11.9. The van der Waals surface area contributed by atoms with Crippen molar-refractivity contribution in [2.75, 3.05) is 19.1 Å². The molecule has 4 rings (SSSR count). The van der Waals surface area contributed by atoms with Gasteiger partial charge in [-0.25, -0.2) is 0 Å². The molecule has 1 aliphatic carbocycles. The van der Waals surface area contributed by atoms with Crippen molar-refractivity contribution >= 4 is 28.8 Å². The van der Waals surface area contributed by atoms with E-state index in [0.29, 0.717) is 17.2 Å². The molecule has 1 aliphatic rings. The van der Waals surface area contributed by atoms with Crippen molar-refractivity contribution in [1.29, 1.82) is 0 Å². The maximum absolute atomic E-state index is 13.9. The molecule has 1 aromatic heterocycles. The lowest BCUT2D eigenvalue weighted by atomic mass is 9.97. The summed E-state index contributed by atoms with van der Waals surface area (Å²) in [6.07, 6.45) is 4.34. The zero-order valence-corrected chi connectivity index (χ0v) is 21.3. The van der Waals surface area contributed by atoms with Gasteiger partial charge in [-0.3, -0.25) is 14.5 Å². The van der Waals surface area contributed by atoms with Crippen molar-refractivity contribution in [3.05, 3.63) is 76.0 Å². The molecule has 1 saturated carbocycles. The van der Waals surface area contributed by atoms with Crippen LogP contribution in [0.25, 0.3) is 0 Å². The molecule has 1 N–H and O–H groups in total. The summed E-state index contributed by atoms with van der Waals surface area (Å²) in [7, 11) is 3.13. The molecule has 6 nitrogen and oxygen atoms in total. The molecule has 7 heteroatoms. The number of thiophene rings is 1. The topological polar surface area (TPSA) is 67.9 Å². The summed E-state index contributed by atoms with van der Waals surface area (Å²) in [6, 6.07) is 16.3. The van der Waals surface area contributed by atoms with E-state index in [1.807, 2.05) is 54.8 Å². The van der Waals surface area contributed by atoms with Gasteiger partial charge < -0.3 is 14.8 Å². The predicted octanol–water partition coefficient (Wildman–Crippen LogP) is 5.45. The second kappa shape index (κ2) is 11.4. The summed E-state index contributed by atoms with van der Waals surface area (Å²) >= 11 is 1.53. The van der Waals surface area contributed by atoms with Crippen molar-refractivity contribution < 1.29 is 19.1 Å². The van der Waals surface area contributed by atoms with Gasteiger partial charge in [0.15, 0.2) is 11.5 Å². The largest absolute Gasteiger partial charge is 0.493 e. The van der Waals surface area contributed by atoms with Crippen LogP contribution < -0.4 is 19.7 Å². The molecular weight excluding hydrogens is 460 g/mol. The zero-order chi connectivity index (χ0) is 24.8. The number of aryl methyl sites for hydroxylation is 1. The molecule has 2 amide bonds. The standard InChI is InChI=1S/C28H32N2O4S/c1-19-9-4-7-13-23(19)27(28(32)29-20-10-5-6-11-20)30(26(31)18-22-12-8-16-35-22)21-14-15-24(33-2)25(17-21)34-3/h4,7-9,12-17,20,27H,5-6,10-11,18H2,1-3H3,(H,29,32)/t27-/m1/s1. The Morgan fingerprint density at radius 3 is 2.43 bits per heavy atom. The van der Waals surface area contributed by atoms with Crippen molar-refractivity contribution in [3.8, 4) is 11.5 Å². The number of nitrogens with zero attached hydrogens (tertiary/aromatic N) is 1. The van der Waals surface area contributed by atoms with Crippen LogP contribution in [-0.2, 0) is 16.0 Å². The van der Waals surface area contributed by atoms with Crippen molar-refractivity contribution in [3.63, 3.8) is 0 Å². The highest BCUT2D eigenvalue weighted by molar-refractivity contribution is 7.10. The molecule has 0 aliphatic heterocycles. The molecule has 0 spiro atoms. The third kappa shape index (κ3) is 5.68. The minimum Gasteiger partial charge on any atom is -0.493 e. The minimum absolute atomic E-state index is 0.133. The molecule has 1 fully saturated rings. The van der Waals surface area contributed by atoms with Crippen LogP contribution in [0.15, 0.2) is 60.0 Å². The maximum Gasteiger partial charge on any atom is 0.248 e. The second-order valence-electron chi connectivity index (χ2n) is 8.81. The lowest BCUT2D eigenvalue weighted by Gasteiger charge is -2.33. The molecular formula is C28H32N2O4S. The van der Waals surface area contributed by atoms with E-state index in [0.717, 1.165) is 41.7 Å². The van der Waals surface area contributed by atoms with Crippen LogP contribution in [0.1, 0.15) is 47.7 Å². The summed E-state index contributed by atoms with van der Waals surface area (Å²) < 4.78 is 10.9. The average molecular weight is 493 g/mol. The Kier molecular flexibility index (Phi) is 8.08. The summed E-state index contributed by atoms with van der Waals surface area (Å²) in [6.45, 7) is 1.97. The van der Waals surface area contributed by atoms with E-state index in [1.165, 1.54) is 11.3 Å². The molecule has 3 aromatic rings. The van der Waals surface area contributed by atoms with Crippen LogP contribution in [0, 0.1) is 6.92 Å². The Bertz CT molecular complexity index is 1160. The summed E-state index contributed by atoms with van der Waals surface area (Å²) in [5.41, 5.74) is 2.34. The van der Waals surface area contributed by atoms with Crippen molar-refractivity contribution in [2.45, 2.75) is 51.1 Å². The Labute approximate surface area is 210 Å². The van der Waals surface area contributed by atoms with E-state index >= 15 is 0 Å². The number of carbonyl (C=O) groups is 2. The van der Waals surface area contributed by atoms with Crippen LogP contribution in [0.4, 0.5) is 5.69 Å². The SMILES string of the molecule is COc1ccc(N(C(=O)Cc2cccs2)[C@@H](C(=O)NC2CCCC2)c2ccccc2C)cc1OC. The number of benzene rings is 2. The van der Waals surface area contributed by atoms with Gasteiger partial charge in [0.1, 0.15) is 6.04 Å². The number of carbonyl (C=O) groups excluding carboxylic acids is 2. The second-order valence-corrected chi connectivity index (χ2v) is 9.84.